The van der Waals surface area contributed by atoms with Crippen molar-refractivity contribution in [3.05, 3.63) is 41.9 Å². The molecule has 0 saturated carbocycles. The molecule has 18 heavy (non-hydrogen) atoms. The van der Waals surface area contributed by atoms with Crippen LogP contribution in [0.15, 0.2) is 34.7 Å². The Balaban J connectivity index is 1.87. The number of carbonyl (C=O) groups excluding carboxylic acids is 1. The number of anilines is 1. The monoisotopic (exact) mass is 242 g/mol. The van der Waals surface area contributed by atoms with Crippen LogP contribution >= 0.6 is 0 Å². The van der Waals surface area contributed by atoms with E-state index >= 15 is 0 Å². The van der Waals surface area contributed by atoms with E-state index in [1.807, 2.05) is 24.3 Å². The molecule has 0 bridgehead atoms. The molecule has 6 nitrogen and oxygen atoms in total. The van der Waals surface area contributed by atoms with Gasteiger partial charge in [0, 0.05) is 5.39 Å². The Hall–Kier alpha value is -2.63. The summed E-state index contributed by atoms with van der Waals surface area (Å²) in [7, 11) is 0. The van der Waals surface area contributed by atoms with E-state index in [-0.39, 0.29) is 17.6 Å². The fraction of sp³-hybridized carbons (Fsp3) is 0.0833. The first-order valence-corrected chi connectivity index (χ1v) is 5.41. The number of nitrogens with one attached hydrogen (secondary N) is 2. The van der Waals surface area contributed by atoms with Gasteiger partial charge in [0.05, 0.1) is 0 Å². The second kappa shape index (κ2) is 3.99. The summed E-state index contributed by atoms with van der Waals surface area (Å²) in [5.41, 5.74) is 0.675. The predicted molar refractivity (Wildman–Crippen MR) is 65.3 cm³/mol. The number of fused-ring (bicyclic) bond motifs is 1. The van der Waals surface area contributed by atoms with E-state index in [1.54, 1.807) is 13.0 Å². The molecule has 0 unspecified atom stereocenters. The van der Waals surface area contributed by atoms with Gasteiger partial charge in [-0.15, -0.1) is 5.10 Å². The maximum absolute atomic E-state index is 11.9. The van der Waals surface area contributed by atoms with Crippen LogP contribution in [0.25, 0.3) is 11.0 Å². The van der Waals surface area contributed by atoms with Gasteiger partial charge in [0.1, 0.15) is 11.4 Å². The van der Waals surface area contributed by atoms with Crippen molar-refractivity contribution in [1.29, 1.82) is 0 Å². The van der Waals surface area contributed by atoms with Crippen molar-refractivity contribution >= 4 is 22.8 Å². The lowest BCUT2D eigenvalue weighted by Crippen LogP contribution is -2.11. The normalized spacial score (nSPS) is 10.7. The number of nitrogens with zero attached hydrogens (tertiary/aromatic N) is 2. The molecule has 0 fully saturated rings. The van der Waals surface area contributed by atoms with Crippen LogP contribution in [0.4, 0.5) is 5.95 Å². The molecule has 6 heteroatoms. The number of aromatic nitrogens is 3. The third-order valence-corrected chi connectivity index (χ3v) is 2.47. The summed E-state index contributed by atoms with van der Waals surface area (Å²) in [4.78, 5) is 15.9. The number of aryl methyl sites for hydroxylation is 1. The zero-order valence-corrected chi connectivity index (χ0v) is 9.60. The molecule has 0 saturated heterocycles. The van der Waals surface area contributed by atoms with Crippen LogP contribution in [0.3, 0.4) is 0 Å². The number of carbonyl (C=O) groups is 1. The van der Waals surface area contributed by atoms with Gasteiger partial charge in [0.25, 0.3) is 5.91 Å². The van der Waals surface area contributed by atoms with Gasteiger partial charge in [-0.2, -0.15) is 4.98 Å². The predicted octanol–water partition coefficient (Wildman–Crippen LogP) is 2.11. The lowest BCUT2D eigenvalue weighted by atomic mass is 10.2. The Morgan fingerprint density at radius 3 is 2.94 bits per heavy atom. The average Bonchev–Trinajstić information content (AvgIpc) is 2.95. The Kier molecular flexibility index (Phi) is 2.33. The van der Waals surface area contributed by atoms with Gasteiger partial charge < -0.3 is 4.42 Å². The van der Waals surface area contributed by atoms with Crippen molar-refractivity contribution in [2.45, 2.75) is 6.92 Å². The summed E-state index contributed by atoms with van der Waals surface area (Å²) >= 11 is 0. The van der Waals surface area contributed by atoms with Crippen LogP contribution in [0.1, 0.15) is 16.4 Å². The minimum atomic E-state index is -0.370. The minimum Gasteiger partial charge on any atom is -0.451 e. The number of H-pyrrole nitrogens is 1. The van der Waals surface area contributed by atoms with Crippen LogP contribution in [0, 0.1) is 6.92 Å². The lowest BCUT2D eigenvalue weighted by Gasteiger charge is -1.95. The van der Waals surface area contributed by atoms with E-state index < -0.39 is 0 Å². The fourth-order valence-corrected chi connectivity index (χ4v) is 1.66. The van der Waals surface area contributed by atoms with Gasteiger partial charge in [0.2, 0.25) is 5.95 Å². The second-order valence-electron chi connectivity index (χ2n) is 3.85. The first kappa shape index (κ1) is 10.5. The molecular formula is C12H10N4O2. The fourth-order valence-electron chi connectivity index (χ4n) is 1.66. The van der Waals surface area contributed by atoms with Gasteiger partial charge in [-0.3, -0.25) is 15.2 Å². The summed E-state index contributed by atoms with van der Waals surface area (Å²) in [6.45, 7) is 1.75. The number of benzene rings is 1. The molecular weight excluding hydrogens is 232 g/mol. The van der Waals surface area contributed by atoms with Crippen LogP contribution < -0.4 is 5.32 Å². The third-order valence-electron chi connectivity index (χ3n) is 2.47. The number of aromatic amines is 1. The smallest absolute Gasteiger partial charge is 0.293 e. The van der Waals surface area contributed by atoms with Gasteiger partial charge in [-0.25, -0.2) is 0 Å². The summed E-state index contributed by atoms with van der Waals surface area (Å²) in [6.07, 6.45) is 0. The molecule has 0 aliphatic rings. The molecule has 0 spiro atoms. The Morgan fingerprint density at radius 1 is 1.39 bits per heavy atom. The van der Waals surface area contributed by atoms with Crippen LogP contribution in [0.5, 0.6) is 0 Å². The van der Waals surface area contributed by atoms with Crippen molar-refractivity contribution in [3.63, 3.8) is 0 Å². The summed E-state index contributed by atoms with van der Waals surface area (Å²) < 4.78 is 5.43. The molecule has 3 rings (SSSR count). The van der Waals surface area contributed by atoms with Gasteiger partial charge in [-0.05, 0) is 19.1 Å². The zero-order chi connectivity index (χ0) is 12.5. The first-order valence-electron chi connectivity index (χ1n) is 5.41. The minimum absolute atomic E-state index is 0.234. The quantitative estimate of drug-likeness (QED) is 0.720. The molecule has 2 N–H and O–H groups in total. The van der Waals surface area contributed by atoms with Crippen molar-refractivity contribution in [2.75, 3.05) is 5.32 Å². The Labute approximate surface area is 102 Å². The summed E-state index contributed by atoms with van der Waals surface area (Å²) in [6, 6.07) is 9.12. The van der Waals surface area contributed by atoms with Gasteiger partial charge in [0.15, 0.2) is 5.76 Å². The van der Waals surface area contributed by atoms with E-state index in [0.29, 0.717) is 11.4 Å². The second-order valence-corrected chi connectivity index (χ2v) is 3.85. The molecule has 3 aromatic rings. The number of hydrogen-bond donors (Lipinski definition) is 2. The largest absolute Gasteiger partial charge is 0.451 e. The molecule has 1 amide bonds. The maximum atomic E-state index is 11.9. The highest BCUT2D eigenvalue weighted by Gasteiger charge is 2.13. The van der Waals surface area contributed by atoms with E-state index in [4.69, 9.17) is 4.42 Å². The van der Waals surface area contributed by atoms with Crippen LogP contribution in [-0.2, 0) is 0 Å². The Morgan fingerprint density at radius 2 is 2.22 bits per heavy atom. The SMILES string of the molecule is Cc1nc(NC(=O)c2cc3ccccc3o2)n[nH]1. The standard InChI is InChI=1S/C12H10N4O2/c1-7-13-12(16-15-7)14-11(17)10-6-8-4-2-3-5-9(8)18-10/h2-6H,1H3,(H2,13,14,15,16,17). The van der Waals surface area contributed by atoms with Crippen molar-refractivity contribution in [2.24, 2.45) is 0 Å². The third kappa shape index (κ3) is 1.84. The summed E-state index contributed by atoms with van der Waals surface area (Å²) in [5, 5.41) is 9.91. The van der Waals surface area contributed by atoms with E-state index in [1.165, 1.54) is 0 Å². The molecule has 90 valence electrons. The number of amides is 1. The molecule has 0 aliphatic heterocycles. The van der Waals surface area contributed by atoms with Gasteiger partial charge in [-0.1, -0.05) is 18.2 Å². The van der Waals surface area contributed by atoms with E-state index in [0.717, 1.165) is 5.39 Å². The average molecular weight is 242 g/mol. The molecule has 2 heterocycles. The van der Waals surface area contributed by atoms with Gasteiger partial charge >= 0.3 is 0 Å². The lowest BCUT2D eigenvalue weighted by molar-refractivity contribution is 0.0998. The van der Waals surface area contributed by atoms with Crippen LogP contribution in [0.2, 0.25) is 0 Å². The van der Waals surface area contributed by atoms with E-state index in [9.17, 15) is 4.79 Å². The van der Waals surface area contributed by atoms with Crippen molar-refractivity contribution in [3.8, 4) is 0 Å². The molecule has 0 radical (unpaired) electrons. The van der Waals surface area contributed by atoms with Crippen molar-refractivity contribution < 1.29 is 9.21 Å². The number of hydrogen-bond acceptors (Lipinski definition) is 4. The highest BCUT2D eigenvalue weighted by atomic mass is 16.3. The number of rotatable bonds is 2. The van der Waals surface area contributed by atoms with Crippen LogP contribution in [-0.4, -0.2) is 21.1 Å². The topological polar surface area (TPSA) is 83.8 Å². The number of para-hydroxylation sites is 1. The van der Waals surface area contributed by atoms with Crippen molar-refractivity contribution in [1.82, 2.24) is 15.2 Å². The Bertz CT molecular complexity index is 681. The number of furan rings is 1. The highest BCUT2D eigenvalue weighted by Crippen LogP contribution is 2.19. The maximum Gasteiger partial charge on any atom is 0.293 e. The summed E-state index contributed by atoms with van der Waals surface area (Å²) in [5.74, 6) is 0.733. The zero-order valence-electron chi connectivity index (χ0n) is 9.60. The highest BCUT2D eigenvalue weighted by molar-refractivity contribution is 6.03. The van der Waals surface area contributed by atoms with E-state index in [2.05, 4.69) is 20.5 Å². The molecule has 0 atom stereocenters. The molecule has 1 aromatic carbocycles. The molecule has 0 aliphatic carbocycles. The first-order chi connectivity index (χ1) is 8.72. The molecule has 2 aromatic heterocycles.